The number of carbonyl (C=O) groups excluding carboxylic acids is 1. The van der Waals surface area contributed by atoms with Crippen LogP contribution in [0.4, 0.5) is 11.8 Å². The van der Waals surface area contributed by atoms with Gasteiger partial charge in [0.2, 0.25) is 11.9 Å². The van der Waals surface area contributed by atoms with Crippen LogP contribution >= 0.6 is 0 Å². The fourth-order valence-corrected chi connectivity index (χ4v) is 5.90. The van der Waals surface area contributed by atoms with Gasteiger partial charge in [0.05, 0.1) is 23.0 Å². The van der Waals surface area contributed by atoms with E-state index < -0.39 is 0 Å². The number of rotatable bonds is 4. The number of aromatic nitrogens is 4. The van der Waals surface area contributed by atoms with Crippen LogP contribution in [0.1, 0.15) is 30.4 Å². The summed E-state index contributed by atoms with van der Waals surface area (Å²) in [5.74, 6) is 4.51. The molecule has 3 aliphatic rings. The van der Waals surface area contributed by atoms with Gasteiger partial charge in [0.25, 0.3) is 0 Å². The summed E-state index contributed by atoms with van der Waals surface area (Å²) in [7, 11) is 0. The van der Waals surface area contributed by atoms with E-state index in [2.05, 4.69) is 45.5 Å². The first kappa shape index (κ1) is 21.7. The number of carbonyl (C=O) groups is 1. The maximum Gasteiger partial charge on any atom is 0.245 e. The standard InChI is InChI=1S/C27H29N7O/c1-4-19-24(23-18(3)8-9-21-20(23)14-28-31-21)29-26(32-11-6-7-12-32)30-25(19)33-13-10-27(15-33)16-34(17-27)22(35)5-2/h1,5,8-9,14H,2,6-7,10-13,15-17H2,3H3,(H,28,31). The van der Waals surface area contributed by atoms with Gasteiger partial charge in [0.1, 0.15) is 0 Å². The number of aromatic amines is 1. The Labute approximate surface area is 205 Å². The first-order chi connectivity index (χ1) is 17.0. The van der Waals surface area contributed by atoms with Crippen molar-refractivity contribution in [2.24, 2.45) is 5.41 Å². The monoisotopic (exact) mass is 467 g/mol. The molecule has 5 heterocycles. The first-order valence-electron chi connectivity index (χ1n) is 12.2. The Morgan fingerprint density at radius 1 is 1.17 bits per heavy atom. The molecule has 3 aliphatic heterocycles. The summed E-state index contributed by atoms with van der Waals surface area (Å²) in [6.45, 7) is 10.8. The zero-order valence-electron chi connectivity index (χ0n) is 20.0. The Kier molecular flexibility index (Phi) is 5.03. The Balaban J connectivity index is 1.45. The molecule has 35 heavy (non-hydrogen) atoms. The summed E-state index contributed by atoms with van der Waals surface area (Å²) >= 11 is 0. The molecule has 8 heteroatoms. The molecule has 3 aromatic rings. The van der Waals surface area contributed by atoms with Gasteiger partial charge in [-0.05, 0) is 43.9 Å². The van der Waals surface area contributed by atoms with Gasteiger partial charge < -0.3 is 14.7 Å². The second-order valence-corrected chi connectivity index (χ2v) is 10.1. The number of terminal acetylenes is 1. The fraction of sp³-hybridized carbons (Fsp3) is 0.407. The normalized spacial score (nSPS) is 18.8. The van der Waals surface area contributed by atoms with Crippen LogP contribution in [-0.4, -0.2) is 70.2 Å². The highest BCUT2D eigenvalue weighted by atomic mass is 16.2. The van der Waals surface area contributed by atoms with Crippen LogP contribution in [0.2, 0.25) is 0 Å². The van der Waals surface area contributed by atoms with Gasteiger partial charge >= 0.3 is 0 Å². The van der Waals surface area contributed by atoms with Crippen LogP contribution in [0.15, 0.2) is 31.0 Å². The number of aryl methyl sites for hydroxylation is 1. The van der Waals surface area contributed by atoms with Gasteiger partial charge in [-0.25, -0.2) is 4.98 Å². The summed E-state index contributed by atoms with van der Waals surface area (Å²) in [6.07, 6.45) is 12.7. The minimum atomic E-state index is 0.00251. The summed E-state index contributed by atoms with van der Waals surface area (Å²) in [5.41, 5.74) is 4.67. The molecule has 0 aliphatic carbocycles. The average Bonchev–Trinajstić information content (AvgIpc) is 3.62. The third kappa shape index (κ3) is 3.45. The van der Waals surface area contributed by atoms with Crippen molar-refractivity contribution in [3.8, 4) is 23.6 Å². The van der Waals surface area contributed by atoms with Gasteiger partial charge in [-0.1, -0.05) is 18.6 Å². The van der Waals surface area contributed by atoms with Gasteiger partial charge in [-0.15, -0.1) is 6.42 Å². The third-order valence-electron chi connectivity index (χ3n) is 7.76. The first-order valence-corrected chi connectivity index (χ1v) is 12.2. The topological polar surface area (TPSA) is 81.2 Å². The number of hydrogen-bond acceptors (Lipinski definition) is 6. The number of likely N-dealkylation sites (tertiary alicyclic amines) is 1. The van der Waals surface area contributed by atoms with Crippen molar-refractivity contribution in [1.82, 2.24) is 25.1 Å². The lowest BCUT2D eigenvalue weighted by Crippen LogP contribution is -2.59. The Hall–Kier alpha value is -3.86. The average molecular weight is 468 g/mol. The van der Waals surface area contributed by atoms with E-state index >= 15 is 0 Å². The van der Waals surface area contributed by atoms with Gasteiger partial charge in [0, 0.05) is 55.6 Å². The summed E-state index contributed by atoms with van der Waals surface area (Å²) in [6, 6.07) is 4.12. The molecule has 1 N–H and O–H groups in total. The summed E-state index contributed by atoms with van der Waals surface area (Å²) in [4.78, 5) is 28.6. The van der Waals surface area contributed by atoms with Crippen molar-refractivity contribution in [3.05, 3.63) is 42.1 Å². The SMILES string of the molecule is C#Cc1c(-c2c(C)ccc3[nH]ncc23)nc(N2CCCC2)nc1N1CCC2(CN(C(=O)C=C)C2)C1. The van der Waals surface area contributed by atoms with Gasteiger partial charge in [-0.3, -0.25) is 9.89 Å². The van der Waals surface area contributed by atoms with E-state index in [1.807, 2.05) is 17.2 Å². The molecular formula is C27H29N7O. The second kappa shape index (κ2) is 8.12. The number of benzene rings is 1. The third-order valence-corrected chi connectivity index (χ3v) is 7.76. The summed E-state index contributed by atoms with van der Waals surface area (Å²) in [5, 5.41) is 8.35. The minimum Gasteiger partial charge on any atom is -0.355 e. The van der Waals surface area contributed by atoms with E-state index in [1.165, 1.54) is 6.08 Å². The highest BCUT2D eigenvalue weighted by Gasteiger charge is 2.49. The molecule has 178 valence electrons. The highest BCUT2D eigenvalue weighted by Crippen LogP contribution is 2.43. The Morgan fingerprint density at radius 2 is 1.97 bits per heavy atom. The number of H-pyrrole nitrogens is 1. The maximum absolute atomic E-state index is 12.0. The molecule has 1 spiro atoms. The van der Waals surface area contributed by atoms with Crippen LogP contribution in [0.5, 0.6) is 0 Å². The van der Waals surface area contributed by atoms with Crippen molar-refractivity contribution >= 4 is 28.6 Å². The van der Waals surface area contributed by atoms with Gasteiger partial charge in [-0.2, -0.15) is 10.1 Å². The van der Waals surface area contributed by atoms with Crippen molar-refractivity contribution in [2.45, 2.75) is 26.2 Å². The van der Waals surface area contributed by atoms with Crippen molar-refractivity contribution in [3.63, 3.8) is 0 Å². The predicted octanol–water partition coefficient (Wildman–Crippen LogP) is 3.13. The molecule has 1 aromatic carbocycles. The minimum absolute atomic E-state index is 0.00251. The van der Waals surface area contributed by atoms with Crippen molar-refractivity contribution in [1.29, 1.82) is 0 Å². The molecular weight excluding hydrogens is 438 g/mol. The van der Waals surface area contributed by atoms with E-state index in [1.54, 1.807) is 0 Å². The zero-order valence-corrected chi connectivity index (χ0v) is 20.0. The van der Waals surface area contributed by atoms with E-state index in [0.29, 0.717) is 0 Å². The number of anilines is 2. The van der Waals surface area contributed by atoms with Crippen LogP contribution in [-0.2, 0) is 4.79 Å². The smallest absolute Gasteiger partial charge is 0.245 e. The van der Waals surface area contributed by atoms with Crippen LogP contribution in [0, 0.1) is 24.7 Å². The maximum atomic E-state index is 12.0. The van der Waals surface area contributed by atoms with Crippen molar-refractivity contribution < 1.29 is 4.79 Å². The van der Waals surface area contributed by atoms with E-state index in [9.17, 15) is 4.79 Å². The van der Waals surface area contributed by atoms with Crippen LogP contribution in [0.25, 0.3) is 22.2 Å². The van der Waals surface area contributed by atoms with Crippen LogP contribution in [0.3, 0.4) is 0 Å². The lowest BCUT2D eigenvalue weighted by molar-refractivity contribution is -0.136. The highest BCUT2D eigenvalue weighted by molar-refractivity contribution is 5.97. The molecule has 1 amide bonds. The zero-order chi connectivity index (χ0) is 24.2. The predicted molar refractivity (Wildman–Crippen MR) is 137 cm³/mol. The molecule has 8 nitrogen and oxygen atoms in total. The number of nitrogens with zero attached hydrogens (tertiary/aromatic N) is 6. The Bertz CT molecular complexity index is 1370. The van der Waals surface area contributed by atoms with E-state index in [0.717, 1.165) is 104 Å². The number of fused-ring (bicyclic) bond motifs is 1. The molecule has 3 saturated heterocycles. The molecule has 0 radical (unpaired) electrons. The number of nitrogens with one attached hydrogen (secondary N) is 1. The van der Waals surface area contributed by atoms with Crippen LogP contribution < -0.4 is 9.80 Å². The lowest BCUT2D eigenvalue weighted by atomic mass is 9.79. The molecule has 0 bridgehead atoms. The van der Waals surface area contributed by atoms with E-state index in [-0.39, 0.29) is 11.3 Å². The number of hydrogen-bond donors (Lipinski definition) is 1. The lowest BCUT2D eigenvalue weighted by Gasteiger charge is -2.47. The van der Waals surface area contributed by atoms with E-state index in [4.69, 9.17) is 16.4 Å². The molecule has 0 unspecified atom stereocenters. The quantitative estimate of drug-likeness (QED) is 0.469. The summed E-state index contributed by atoms with van der Waals surface area (Å²) < 4.78 is 0. The molecule has 0 atom stereocenters. The second-order valence-electron chi connectivity index (χ2n) is 10.1. The largest absolute Gasteiger partial charge is 0.355 e. The Morgan fingerprint density at radius 3 is 2.71 bits per heavy atom. The fourth-order valence-electron chi connectivity index (χ4n) is 5.90. The molecule has 6 rings (SSSR count). The van der Waals surface area contributed by atoms with Gasteiger partial charge in [0.15, 0.2) is 5.82 Å². The molecule has 0 saturated carbocycles. The number of amides is 1. The molecule has 3 fully saturated rings. The van der Waals surface area contributed by atoms with Crippen molar-refractivity contribution in [2.75, 3.05) is 49.1 Å². The molecule has 2 aromatic heterocycles.